The van der Waals surface area contributed by atoms with Gasteiger partial charge in [0.2, 0.25) is 0 Å². The quantitative estimate of drug-likeness (QED) is 0.695. The molecule has 26 heavy (non-hydrogen) atoms. The predicted octanol–water partition coefficient (Wildman–Crippen LogP) is 3.39. The molecule has 0 aliphatic heterocycles. The van der Waals surface area contributed by atoms with Gasteiger partial charge in [-0.1, -0.05) is 13.0 Å². The predicted molar refractivity (Wildman–Crippen MR) is 97.9 cm³/mol. The van der Waals surface area contributed by atoms with Crippen molar-refractivity contribution >= 4 is 12.1 Å². The van der Waals surface area contributed by atoms with Crippen LogP contribution in [0.1, 0.15) is 46.6 Å². The standard InChI is InChI=1S/C19H29NO6/c1-6-10-25-15-9-8-13(12-16(15)24-7-2)11-14(17(21)22)20-18(23)26-19(3,4)5/h8-9,12,14H,6-7,10-11H2,1-5H3,(H,20,23)(H,21,22). The fraction of sp³-hybridized carbons (Fsp3) is 0.579. The molecule has 0 aliphatic rings. The molecule has 0 saturated heterocycles. The fourth-order valence-corrected chi connectivity index (χ4v) is 2.16. The molecule has 1 aromatic rings. The SMILES string of the molecule is CCCOc1ccc(CC(NC(=O)OC(C)(C)C)C(=O)O)cc1OCC. The summed E-state index contributed by atoms with van der Waals surface area (Å²) in [5.41, 5.74) is 0.00818. The highest BCUT2D eigenvalue weighted by molar-refractivity contribution is 5.80. The van der Waals surface area contributed by atoms with E-state index in [9.17, 15) is 14.7 Å². The summed E-state index contributed by atoms with van der Waals surface area (Å²) in [7, 11) is 0. The molecule has 0 aromatic heterocycles. The van der Waals surface area contributed by atoms with E-state index in [-0.39, 0.29) is 6.42 Å². The van der Waals surface area contributed by atoms with Crippen molar-refractivity contribution < 1.29 is 28.9 Å². The second kappa shape index (κ2) is 9.89. The van der Waals surface area contributed by atoms with Gasteiger partial charge < -0.3 is 24.6 Å². The molecule has 1 aromatic carbocycles. The Labute approximate surface area is 154 Å². The smallest absolute Gasteiger partial charge is 0.408 e. The van der Waals surface area contributed by atoms with Gasteiger partial charge in [0, 0.05) is 6.42 Å². The number of alkyl carbamates (subject to hydrolysis) is 1. The van der Waals surface area contributed by atoms with Crippen molar-refractivity contribution in [2.24, 2.45) is 0 Å². The highest BCUT2D eigenvalue weighted by Gasteiger charge is 2.24. The van der Waals surface area contributed by atoms with Crippen molar-refractivity contribution in [1.29, 1.82) is 0 Å². The highest BCUT2D eigenvalue weighted by atomic mass is 16.6. The summed E-state index contributed by atoms with van der Waals surface area (Å²) in [5.74, 6) is 0.0319. The number of benzene rings is 1. The first-order valence-corrected chi connectivity index (χ1v) is 8.77. The Morgan fingerprint density at radius 2 is 1.85 bits per heavy atom. The minimum Gasteiger partial charge on any atom is -0.490 e. The second-order valence-corrected chi connectivity index (χ2v) is 6.80. The average Bonchev–Trinajstić information content (AvgIpc) is 2.52. The Kier molecular flexibility index (Phi) is 8.22. The van der Waals surface area contributed by atoms with Gasteiger partial charge in [0.25, 0.3) is 0 Å². The lowest BCUT2D eigenvalue weighted by molar-refractivity contribution is -0.139. The molecule has 1 amide bonds. The summed E-state index contributed by atoms with van der Waals surface area (Å²) >= 11 is 0. The monoisotopic (exact) mass is 367 g/mol. The number of nitrogens with one attached hydrogen (secondary N) is 1. The molecule has 1 rings (SSSR count). The summed E-state index contributed by atoms with van der Waals surface area (Å²) in [6.45, 7) is 10.0. The summed E-state index contributed by atoms with van der Waals surface area (Å²) in [5, 5.41) is 11.8. The van der Waals surface area contributed by atoms with Crippen molar-refractivity contribution in [2.45, 2.75) is 59.1 Å². The summed E-state index contributed by atoms with van der Waals surface area (Å²) < 4.78 is 16.3. The van der Waals surface area contributed by atoms with E-state index in [1.54, 1.807) is 39.0 Å². The molecule has 0 radical (unpaired) electrons. The maximum Gasteiger partial charge on any atom is 0.408 e. The molecule has 7 heteroatoms. The molecule has 1 atom stereocenters. The van der Waals surface area contributed by atoms with Crippen LogP contribution in [-0.4, -0.2) is 42.0 Å². The van der Waals surface area contributed by atoms with Crippen molar-refractivity contribution in [3.05, 3.63) is 23.8 Å². The third-order valence-corrected chi connectivity index (χ3v) is 3.20. The zero-order valence-corrected chi connectivity index (χ0v) is 16.1. The van der Waals surface area contributed by atoms with Gasteiger partial charge in [-0.2, -0.15) is 0 Å². The van der Waals surface area contributed by atoms with Gasteiger partial charge in [0.1, 0.15) is 11.6 Å². The van der Waals surface area contributed by atoms with Crippen molar-refractivity contribution in [2.75, 3.05) is 13.2 Å². The minimum atomic E-state index is -1.14. The number of carboxylic acid groups (broad SMARTS) is 1. The Morgan fingerprint density at radius 3 is 2.38 bits per heavy atom. The van der Waals surface area contributed by atoms with E-state index in [1.807, 2.05) is 13.8 Å². The molecular weight excluding hydrogens is 338 g/mol. The van der Waals surface area contributed by atoms with Crippen LogP contribution >= 0.6 is 0 Å². The van der Waals surface area contributed by atoms with Crippen LogP contribution in [0.3, 0.4) is 0 Å². The number of hydrogen-bond acceptors (Lipinski definition) is 5. The molecule has 0 heterocycles. The third-order valence-electron chi connectivity index (χ3n) is 3.20. The summed E-state index contributed by atoms with van der Waals surface area (Å²) in [6.07, 6.45) is 0.203. The number of ether oxygens (including phenoxy) is 3. The number of aliphatic carboxylic acids is 1. The van der Waals surface area contributed by atoms with E-state index in [4.69, 9.17) is 14.2 Å². The van der Waals surface area contributed by atoms with Crippen molar-refractivity contribution in [3.63, 3.8) is 0 Å². The number of carboxylic acids is 1. The Morgan fingerprint density at radius 1 is 1.15 bits per heavy atom. The van der Waals surface area contributed by atoms with Crippen LogP contribution in [0.25, 0.3) is 0 Å². The van der Waals surface area contributed by atoms with E-state index in [0.29, 0.717) is 30.3 Å². The Bertz CT molecular complexity index is 609. The molecule has 0 saturated carbocycles. The van der Waals surface area contributed by atoms with E-state index < -0.39 is 23.7 Å². The lowest BCUT2D eigenvalue weighted by Gasteiger charge is -2.22. The fourth-order valence-electron chi connectivity index (χ4n) is 2.16. The first kappa shape index (κ1) is 21.6. The maximum absolute atomic E-state index is 11.9. The van der Waals surface area contributed by atoms with Crippen molar-refractivity contribution in [3.8, 4) is 11.5 Å². The number of carbonyl (C=O) groups excluding carboxylic acids is 1. The van der Waals surface area contributed by atoms with Gasteiger partial charge in [-0.3, -0.25) is 0 Å². The zero-order valence-electron chi connectivity index (χ0n) is 16.1. The van der Waals surface area contributed by atoms with Gasteiger partial charge in [-0.15, -0.1) is 0 Å². The van der Waals surface area contributed by atoms with E-state index in [0.717, 1.165) is 6.42 Å². The maximum atomic E-state index is 11.9. The number of rotatable bonds is 9. The summed E-state index contributed by atoms with van der Waals surface area (Å²) in [6, 6.07) is 4.14. The van der Waals surface area contributed by atoms with Crippen LogP contribution in [0, 0.1) is 0 Å². The summed E-state index contributed by atoms with van der Waals surface area (Å²) in [4.78, 5) is 23.4. The van der Waals surface area contributed by atoms with E-state index in [2.05, 4.69) is 5.32 Å². The van der Waals surface area contributed by atoms with Crippen LogP contribution in [0.4, 0.5) is 4.79 Å². The third kappa shape index (κ3) is 7.63. The van der Waals surface area contributed by atoms with Crippen molar-refractivity contribution in [1.82, 2.24) is 5.32 Å². The van der Waals surface area contributed by atoms with Crippen LogP contribution < -0.4 is 14.8 Å². The molecular formula is C19H29NO6. The van der Waals surface area contributed by atoms with Gasteiger partial charge >= 0.3 is 12.1 Å². The largest absolute Gasteiger partial charge is 0.490 e. The van der Waals surface area contributed by atoms with Gasteiger partial charge in [0.05, 0.1) is 13.2 Å². The molecule has 0 bridgehead atoms. The van der Waals surface area contributed by atoms with Crippen LogP contribution in [-0.2, 0) is 16.0 Å². The molecule has 2 N–H and O–H groups in total. The number of hydrogen-bond donors (Lipinski definition) is 2. The normalized spacial score (nSPS) is 12.2. The van der Waals surface area contributed by atoms with Gasteiger partial charge in [-0.05, 0) is 51.8 Å². The Hall–Kier alpha value is -2.44. The highest BCUT2D eigenvalue weighted by Crippen LogP contribution is 2.29. The van der Waals surface area contributed by atoms with Gasteiger partial charge in [-0.25, -0.2) is 9.59 Å². The molecule has 1 unspecified atom stereocenters. The second-order valence-electron chi connectivity index (χ2n) is 6.80. The molecule has 7 nitrogen and oxygen atoms in total. The van der Waals surface area contributed by atoms with Crippen LogP contribution in [0.5, 0.6) is 11.5 Å². The average molecular weight is 367 g/mol. The molecule has 0 fully saturated rings. The molecule has 0 spiro atoms. The van der Waals surface area contributed by atoms with Crippen LogP contribution in [0.2, 0.25) is 0 Å². The van der Waals surface area contributed by atoms with E-state index >= 15 is 0 Å². The number of carbonyl (C=O) groups is 2. The molecule has 146 valence electrons. The van der Waals surface area contributed by atoms with Gasteiger partial charge in [0.15, 0.2) is 11.5 Å². The topological polar surface area (TPSA) is 94.1 Å². The van der Waals surface area contributed by atoms with E-state index in [1.165, 1.54) is 0 Å². The number of amides is 1. The lowest BCUT2D eigenvalue weighted by Crippen LogP contribution is -2.44. The lowest BCUT2D eigenvalue weighted by atomic mass is 10.1. The minimum absolute atomic E-state index is 0.0999. The van der Waals surface area contributed by atoms with Crippen LogP contribution in [0.15, 0.2) is 18.2 Å². The first-order chi connectivity index (χ1) is 12.2. The molecule has 0 aliphatic carbocycles. The first-order valence-electron chi connectivity index (χ1n) is 8.77. The Balaban J connectivity index is 2.89. The zero-order chi connectivity index (χ0) is 19.7.